The van der Waals surface area contributed by atoms with E-state index in [0.29, 0.717) is 19.0 Å². The van der Waals surface area contributed by atoms with Crippen molar-refractivity contribution in [3.63, 3.8) is 0 Å². The Labute approximate surface area is 188 Å². The van der Waals surface area contributed by atoms with Crippen LogP contribution in [0.3, 0.4) is 0 Å². The molecule has 0 radical (unpaired) electrons. The van der Waals surface area contributed by atoms with Crippen LogP contribution >= 0.6 is 24.0 Å². The number of rotatable bonds is 7. The number of aromatic nitrogens is 3. The van der Waals surface area contributed by atoms with E-state index in [-0.39, 0.29) is 41.6 Å². The number of nitrogens with zero attached hydrogens (tertiary/aromatic N) is 4. The maximum absolute atomic E-state index is 13.7. The number of guanidine groups is 1. The van der Waals surface area contributed by atoms with Crippen molar-refractivity contribution in [3.8, 4) is 5.75 Å². The molecule has 0 saturated carbocycles. The molecule has 1 aromatic carbocycles. The fourth-order valence-electron chi connectivity index (χ4n) is 3.19. The lowest BCUT2D eigenvalue weighted by Gasteiger charge is -2.18. The molecule has 0 spiro atoms. The van der Waals surface area contributed by atoms with Gasteiger partial charge in [-0.15, -0.1) is 34.2 Å². The van der Waals surface area contributed by atoms with E-state index in [0.717, 1.165) is 37.6 Å². The zero-order chi connectivity index (χ0) is 19.8. The number of benzene rings is 1. The van der Waals surface area contributed by atoms with Crippen molar-refractivity contribution in [3.05, 3.63) is 41.7 Å². The summed E-state index contributed by atoms with van der Waals surface area (Å²) in [6.07, 6.45) is 4.33. The molecule has 1 aliphatic rings. The van der Waals surface area contributed by atoms with Crippen molar-refractivity contribution in [1.82, 2.24) is 25.4 Å². The fourth-order valence-corrected chi connectivity index (χ4v) is 3.19. The highest BCUT2D eigenvalue weighted by Crippen LogP contribution is 2.17. The van der Waals surface area contributed by atoms with E-state index in [1.807, 2.05) is 13.8 Å². The second-order valence-corrected chi connectivity index (χ2v) is 6.93. The standard InChI is InChI=1S/C20H29FN6O.HI/c1-3-22-20(23-13-15(2)28-17-10-7-6-9-16(17)21)24-14-19-26-25-18-11-5-4-8-12-27(18)19;/h6-7,9-10,15H,3-5,8,11-14H2,1-2H3,(H2,22,23,24);1H. The number of aliphatic imine (C=N–C) groups is 1. The Hall–Kier alpha value is -1.91. The third-order valence-electron chi connectivity index (χ3n) is 4.63. The molecule has 0 amide bonds. The van der Waals surface area contributed by atoms with Gasteiger partial charge < -0.3 is 19.9 Å². The first-order chi connectivity index (χ1) is 13.7. The normalized spacial score (nSPS) is 14.9. The van der Waals surface area contributed by atoms with Crippen molar-refractivity contribution >= 4 is 29.9 Å². The minimum atomic E-state index is -0.359. The molecule has 0 bridgehead atoms. The average molecular weight is 516 g/mol. The van der Waals surface area contributed by atoms with E-state index in [1.165, 1.54) is 18.9 Å². The third kappa shape index (κ3) is 6.83. The Bertz CT molecular complexity index is 797. The minimum Gasteiger partial charge on any atom is -0.486 e. The lowest BCUT2D eigenvalue weighted by molar-refractivity contribution is 0.214. The predicted molar refractivity (Wildman–Crippen MR) is 122 cm³/mol. The van der Waals surface area contributed by atoms with Crippen molar-refractivity contribution in [2.45, 2.75) is 58.7 Å². The number of aryl methyl sites for hydroxylation is 1. The van der Waals surface area contributed by atoms with Crippen LogP contribution in [0.5, 0.6) is 5.75 Å². The molecule has 29 heavy (non-hydrogen) atoms. The van der Waals surface area contributed by atoms with Gasteiger partial charge in [-0.1, -0.05) is 18.6 Å². The molecule has 1 unspecified atom stereocenters. The van der Waals surface area contributed by atoms with E-state index in [1.54, 1.807) is 18.2 Å². The quantitative estimate of drug-likeness (QED) is 0.336. The smallest absolute Gasteiger partial charge is 0.191 e. The van der Waals surface area contributed by atoms with E-state index < -0.39 is 0 Å². The molecular weight excluding hydrogens is 486 g/mol. The van der Waals surface area contributed by atoms with Gasteiger partial charge in [0.05, 0.1) is 6.54 Å². The number of hydrogen-bond acceptors (Lipinski definition) is 4. The molecule has 1 aliphatic heterocycles. The second-order valence-electron chi connectivity index (χ2n) is 6.93. The Morgan fingerprint density at radius 3 is 2.86 bits per heavy atom. The van der Waals surface area contributed by atoms with Gasteiger partial charge in [-0.2, -0.15) is 0 Å². The zero-order valence-corrected chi connectivity index (χ0v) is 19.4. The molecule has 160 valence electrons. The first-order valence-corrected chi connectivity index (χ1v) is 10.0. The maximum Gasteiger partial charge on any atom is 0.191 e. The summed E-state index contributed by atoms with van der Waals surface area (Å²) in [6, 6.07) is 6.42. The summed E-state index contributed by atoms with van der Waals surface area (Å²) in [4.78, 5) is 4.63. The van der Waals surface area contributed by atoms with Crippen LogP contribution in [-0.2, 0) is 19.5 Å². The van der Waals surface area contributed by atoms with Gasteiger partial charge in [-0.05, 0) is 38.8 Å². The summed E-state index contributed by atoms with van der Waals surface area (Å²) in [6.45, 7) is 6.57. The summed E-state index contributed by atoms with van der Waals surface area (Å²) < 4.78 is 21.6. The van der Waals surface area contributed by atoms with Gasteiger partial charge in [0.15, 0.2) is 23.4 Å². The van der Waals surface area contributed by atoms with E-state index in [9.17, 15) is 4.39 Å². The van der Waals surface area contributed by atoms with Crippen LogP contribution in [0.2, 0.25) is 0 Å². The average Bonchev–Trinajstić information content (AvgIpc) is 2.92. The molecule has 9 heteroatoms. The van der Waals surface area contributed by atoms with Crippen molar-refractivity contribution in [2.75, 3.05) is 13.1 Å². The van der Waals surface area contributed by atoms with Gasteiger partial charge in [-0.25, -0.2) is 9.38 Å². The molecule has 1 atom stereocenters. The Balaban J connectivity index is 0.00000300. The molecule has 7 nitrogen and oxygen atoms in total. The van der Waals surface area contributed by atoms with E-state index >= 15 is 0 Å². The third-order valence-corrected chi connectivity index (χ3v) is 4.63. The molecule has 0 saturated heterocycles. The van der Waals surface area contributed by atoms with Crippen molar-refractivity contribution in [1.29, 1.82) is 0 Å². The first kappa shape index (κ1) is 23.4. The maximum atomic E-state index is 13.7. The fraction of sp³-hybridized carbons (Fsp3) is 0.550. The van der Waals surface area contributed by atoms with Crippen molar-refractivity contribution < 1.29 is 9.13 Å². The van der Waals surface area contributed by atoms with Crippen LogP contribution in [0.25, 0.3) is 0 Å². The lowest BCUT2D eigenvalue weighted by atomic mass is 10.2. The highest BCUT2D eigenvalue weighted by molar-refractivity contribution is 14.0. The largest absolute Gasteiger partial charge is 0.486 e. The monoisotopic (exact) mass is 516 g/mol. The zero-order valence-electron chi connectivity index (χ0n) is 17.0. The molecule has 0 fully saturated rings. The van der Waals surface area contributed by atoms with Gasteiger partial charge in [0.1, 0.15) is 18.5 Å². The first-order valence-electron chi connectivity index (χ1n) is 10.0. The van der Waals surface area contributed by atoms with Gasteiger partial charge >= 0.3 is 0 Å². The molecule has 1 aromatic heterocycles. The van der Waals surface area contributed by atoms with Crippen LogP contribution < -0.4 is 15.4 Å². The molecule has 2 N–H and O–H groups in total. The number of nitrogens with one attached hydrogen (secondary N) is 2. The number of para-hydroxylation sites is 1. The summed E-state index contributed by atoms with van der Waals surface area (Å²) in [7, 11) is 0. The van der Waals surface area contributed by atoms with Crippen LogP contribution in [-0.4, -0.2) is 39.9 Å². The van der Waals surface area contributed by atoms with Crippen LogP contribution in [0.15, 0.2) is 29.3 Å². The van der Waals surface area contributed by atoms with Crippen LogP contribution in [0.1, 0.15) is 44.8 Å². The Kier molecular flexibility index (Phi) is 9.62. The highest BCUT2D eigenvalue weighted by Gasteiger charge is 2.14. The molecule has 0 aliphatic carbocycles. The van der Waals surface area contributed by atoms with Crippen LogP contribution in [0, 0.1) is 5.82 Å². The van der Waals surface area contributed by atoms with Gasteiger partial charge in [0, 0.05) is 19.5 Å². The Morgan fingerprint density at radius 1 is 1.24 bits per heavy atom. The van der Waals surface area contributed by atoms with E-state index in [4.69, 9.17) is 4.74 Å². The Morgan fingerprint density at radius 2 is 2.07 bits per heavy atom. The topological polar surface area (TPSA) is 76.4 Å². The van der Waals surface area contributed by atoms with Gasteiger partial charge in [-0.3, -0.25) is 0 Å². The summed E-state index contributed by atoms with van der Waals surface area (Å²) in [5.41, 5.74) is 0. The van der Waals surface area contributed by atoms with Gasteiger partial charge in [0.25, 0.3) is 0 Å². The molecule has 2 aromatic rings. The molecule has 3 rings (SSSR count). The molecule has 2 heterocycles. The highest BCUT2D eigenvalue weighted by atomic mass is 127. The number of halogens is 2. The lowest BCUT2D eigenvalue weighted by Crippen LogP contribution is -2.41. The number of fused-ring (bicyclic) bond motifs is 1. The van der Waals surface area contributed by atoms with Gasteiger partial charge in [0.2, 0.25) is 0 Å². The number of hydrogen-bond donors (Lipinski definition) is 2. The predicted octanol–water partition coefficient (Wildman–Crippen LogP) is 3.28. The molecular formula is C20H30FIN6O. The van der Waals surface area contributed by atoms with E-state index in [2.05, 4.69) is 30.4 Å². The number of ether oxygens (including phenoxy) is 1. The minimum absolute atomic E-state index is 0. The summed E-state index contributed by atoms with van der Waals surface area (Å²) in [5, 5.41) is 15.1. The van der Waals surface area contributed by atoms with Crippen LogP contribution in [0.4, 0.5) is 4.39 Å². The summed E-state index contributed by atoms with van der Waals surface area (Å²) >= 11 is 0. The SMILES string of the molecule is CCNC(=NCc1nnc2n1CCCCC2)NCC(C)Oc1ccccc1F.I. The second kappa shape index (κ2) is 11.9. The van der Waals surface area contributed by atoms with Crippen molar-refractivity contribution in [2.24, 2.45) is 4.99 Å². The summed E-state index contributed by atoms with van der Waals surface area (Å²) in [5.74, 6) is 2.53.